The van der Waals surface area contributed by atoms with Crippen LogP contribution in [-0.2, 0) is 12.2 Å². The summed E-state index contributed by atoms with van der Waals surface area (Å²) in [6.45, 7) is 6.44. The predicted octanol–water partition coefficient (Wildman–Crippen LogP) is 4.38. The first kappa shape index (κ1) is 15.8. The molecule has 112 valence electrons. The molecule has 0 bridgehead atoms. The van der Waals surface area contributed by atoms with Gasteiger partial charge in [0.2, 0.25) is 0 Å². The Morgan fingerprint density at radius 1 is 1.05 bits per heavy atom. The molecule has 2 rings (SSSR count). The van der Waals surface area contributed by atoms with E-state index in [-0.39, 0.29) is 0 Å². The van der Waals surface area contributed by atoms with Crippen LogP contribution in [0.25, 0.3) is 0 Å². The summed E-state index contributed by atoms with van der Waals surface area (Å²) in [4.78, 5) is 9.13. The smallest absolute Gasteiger partial charge is 0.132 e. The highest BCUT2D eigenvalue weighted by atomic mass is 32.2. The van der Waals surface area contributed by atoms with E-state index in [9.17, 15) is 0 Å². The summed E-state index contributed by atoms with van der Waals surface area (Å²) in [6.07, 6.45) is 1.99. The molecule has 0 saturated heterocycles. The number of aryl methyl sites for hydroxylation is 3. The fourth-order valence-electron chi connectivity index (χ4n) is 2.32. The van der Waals surface area contributed by atoms with E-state index in [1.165, 1.54) is 16.7 Å². The van der Waals surface area contributed by atoms with Crippen LogP contribution in [0.3, 0.4) is 0 Å². The maximum Gasteiger partial charge on any atom is 0.132 e. The van der Waals surface area contributed by atoms with Crippen molar-refractivity contribution in [2.75, 3.05) is 12.4 Å². The lowest BCUT2D eigenvalue weighted by Crippen LogP contribution is -2.01. The van der Waals surface area contributed by atoms with E-state index in [0.29, 0.717) is 0 Å². The van der Waals surface area contributed by atoms with E-state index in [2.05, 4.69) is 54.3 Å². The summed E-state index contributed by atoms with van der Waals surface area (Å²) < 4.78 is 0. The van der Waals surface area contributed by atoms with Crippen molar-refractivity contribution < 1.29 is 0 Å². The van der Waals surface area contributed by atoms with Gasteiger partial charge in [0, 0.05) is 25.3 Å². The minimum atomic E-state index is 0.899. The number of hydrogen-bond acceptors (Lipinski definition) is 4. The van der Waals surface area contributed by atoms with Crippen LogP contribution in [0.15, 0.2) is 29.3 Å². The molecule has 0 spiro atoms. The Kier molecular flexibility index (Phi) is 5.62. The number of anilines is 1. The molecule has 0 aliphatic heterocycles. The SMILES string of the molecule is CCCc1nc(NC)cc(SCc2cc(C)cc(C)c2)n1. The minimum Gasteiger partial charge on any atom is -0.373 e. The molecule has 0 aliphatic rings. The van der Waals surface area contributed by atoms with Gasteiger partial charge in [-0.2, -0.15) is 0 Å². The second-order valence-electron chi connectivity index (χ2n) is 5.29. The molecule has 0 atom stereocenters. The summed E-state index contributed by atoms with van der Waals surface area (Å²) in [5, 5.41) is 4.16. The van der Waals surface area contributed by atoms with Crippen LogP contribution in [0.1, 0.15) is 35.9 Å². The normalized spacial score (nSPS) is 10.7. The fraction of sp³-hybridized carbons (Fsp3) is 0.412. The molecule has 1 N–H and O–H groups in total. The van der Waals surface area contributed by atoms with Crippen LogP contribution in [0.5, 0.6) is 0 Å². The molecule has 0 saturated carbocycles. The monoisotopic (exact) mass is 301 g/mol. The molecule has 0 amide bonds. The predicted molar refractivity (Wildman–Crippen MR) is 91.1 cm³/mol. The first-order chi connectivity index (χ1) is 10.1. The Morgan fingerprint density at radius 3 is 2.38 bits per heavy atom. The van der Waals surface area contributed by atoms with Crippen molar-refractivity contribution in [3.63, 3.8) is 0 Å². The van der Waals surface area contributed by atoms with Gasteiger partial charge in [-0.1, -0.05) is 36.2 Å². The average Bonchev–Trinajstić information content (AvgIpc) is 2.44. The molecule has 1 aromatic heterocycles. The van der Waals surface area contributed by atoms with Crippen molar-refractivity contribution in [2.24, 2.45) is 0 Å². The van der Waals surface area contributed by atoms with Crippen molar-refractivity contribution in [3.8, 4) is 0 Å². The van der Waals surface area contributed by atoms with E-state index in [1.807, 2.05) is 13.1 Å². The van der Waals surface area contributed by atoms with Crippen molar-refractivity contribution in [2.45, 2.75) is 44.4 Å². The lowest BCUT2D eigenvalue weighted by atomic mass is 10.1. The Hall–Kier alpha value is -1.55. The van der Waals surface area contributed by atoms with E-state index in [4.69, 9.17) is 0 Å². The number of hydrogen-bond donors (Lipinski definition) is 1. The highest BCUT2D eigenvalue weighted by molar-refractivity contribution is 7.98. The molecule has 1 aromatic carbocycles. The Bertz CT molecular complexity index is 591. The number of nitrogens with one attached hydrogen (secondary N) is 1. The van der Waals surface area contributed by atoms with Crippen LogP contribution in [-0.4, -0.2) is 17.0 Å². The number of rotatable bonds is 6. The summed E-state index contributed by atoms with van der Waals surface area (Å²) in [7, 11) is 1.90. The van der Waals surface area contributed by atoms with E-state index >= 15 is 0 Å². The van der Waals surface area contributed by atoms with Gasteiger partial charge in [-0.25, -0.2) is 9.97 Å². The quantitative estimate of drug-likeness (QED) is 0.634. The van der Waals surface area contributed by atoms with Crippen molar-refractivity contribution in [1.29, 1.82) is 0 Å². The van der Waals surface area contributed by atoms with Crippen LogP contribution in [0, 0.1) is 13.8 Å². The van der Waals surface area contributed by atoms with Crippen LogP contribution in [0.4, 0.5) is 5.82 Å². The zero-order chi connectivity index (χ0) is 15.2. The summed E-state index contributed by atoms with van der Waals surface area (Å²) in [5.41, 5.74) is 3.98. The third kappa shape index (κ3) is 4.74. The topological polar surface area (TPSA) is 37.8 Å². The molecular weight excluding hydrogens is 278 g/mol. The van der Waals surface area contributed by atoms with E-state index in [1.54, 1.807) is 11.8 Å². The molecule has 0 unspecified atom stereocenters. The zero-order valence-corrected chi connectivity index (χ0v) is 14.0. The molecule has 3 nitrogen and oxygen atoms in total. The summed E-state index contributed by atoms with van der Waals surface area (Å²) in [6, 6.07) is 8.71. The summed E-state index contributed by atoms with van der Waals surface area (Å²) in [5.74, 6) is 2.76. The van der Waals surface area contributed by atoms with Crippen molar-refractivity contribution in [1.82, 2.24) is 9.97 Å². The third-order valence-corrected chi connectivity index (χ3v) is 4.13. The number of thioether (sulfide) groups is 1. The molecule has 0 aliphatic carbocycles. The van der Waals surface area contributed by atoms with Crippen LogP contribution >= 0.6 is 11.8 Å². The Morgan fingerprint density at radius 2 is 1.76 bits per heavy atom. The molecule has 0 fully saturated rings. The molecule has 21 heavy (non-hydrogen) atoms. The van der Waals surface area contributed by atoms with Gasteiger partial charge >= 0.3 is 0 Å². The van der Waals surface area contributed by atoms with Gasteiger partial charge in [0.1, 0.15) is 16.7 Å². The van der Waals surface area contributed by atoms with E-state index < -0.39 is 0 Å². The fourth-order valence-corrected chi connectivity index (χ4v) is 3.17. The average molecular weight is 301 g/mol. The highest BCUT2D eigenvalue weighted by Gasteiger charge is 2.05. The van der Waals surface area contributed by atoms with E-state index in [0.717, 1.165) is 35.3 Å². The second-order valence-corrected chi connectivity index (χ2v) is 6.29. The third-order valence-electron chi connectivity index (χ3n) is 3.15. The maximum atomic E-state index is 4.64. The van der Waals surface area contributed by atoms with Gasteiger partial charge < -0.3 is 5.32 Å². The second kappa shape index (κ2) is 7.46. The number of nitrogens with zero attached hydrogens (tertiary/aromatic N) is 2. The van der Waals surface area contributed by atoms with Crippen LogP contribution in [0.2, 0.25) is 0 Å². The van der Waals surface area contributed by atoms with Gasteiger partial charge in [-0.15, -0.1) is 11.8 Å². The van der Waals surface area contributed by atoms with Gasteiger partial charge in [-0.05, 0) is 25.8 Å². The molecule has 1 heterocycles. The standard InChI is InChI=1S/C17H23N3S/c1-5-6-15-19-16(18-4)10-17(20-15)21-11-14-8-12(2)7-13(3)9-14/h7-10H,5-6,11H2,1-4H3,(H,18,19,20). The first-order valence-electron chi connectivity index (χ1n) is 7.36. The molecule has 4 heteroatoms. The van der Waals surface area contributed by atoms with Gasteiger partial charge in [-0.3, -0.25) is 0 Å². The van der Waals surface area contributed by atoms with Crippen LogP contribution < -0.4 is 5.32 Å². The van der Waals surface area contributed by atoms with Crippen molar-refractivity contribution in [3.05, 3.63) is 46.8 Å². The van der Waals surface area contributed by atoms with Gasteiger partial charge in [0.05, 0.1) is 0 Å². The number of aromatic nitrogens is 2. The molecule has 2 aromatic rings. The number of benzene rings is 1. The molecule has 0 radical (unpaired) electrons. The lowest BCUT2D eigenvalue weighted by Gasteiger charge is -2.08. The highest BCUT2D eigenvalue weighted by Crippen LogP contribution is 2.24. The molecular formula is C17H23N3S. The largest absolute Gasteiger partial charge is 0.373 e. The lowest BCUT2D eigenvalue weighted by molar-refractivity contribution is 0.811. The van der Waals surface area contributed by atoms with Gasteiger partial charge in [0.25, 0.3) is 0 Å². The maximum absolute atomic E-state index is 4.64. The first-order valence-corrected chi connectivity index (χ1v) is 8.35. The van der Waals surface area contributed by atoms with Crippen molar-refractivity contribution >= 4 is 17.6 Å². The summed E-state index contributed by atoms with van der Waals surface area (Å²) >= 11 is 1.77. The zero-order valence-electron chi connectivity index (χ0n) is 13.2. The Balaban J connectivity index is 2.13. The van der Waals surface area contributed by atoms with Gasteiger partial charge in [0.15, 0.2) is 0 Å². The minimum absolute atomic E-state index is 0.899. The Labute approximate surface area is 131 Å².